The second-order valence-electron chi connectivity index (χ2n) is 10.3. The molecule has 202 valence electrons. The number of methoxy groups -OCH3 is 1. The predicted octanol–water partition coefficient (Wildman–Crippen LogP) is 3.88. The van der Waals surface area contributed by atoms with Gasteiger partial charge >= 0.3 is 6.03 Å². The molecule has 0 bridgehead atoms. The molecule has 6 rings (SSSR count). The van der Waals surface area contributed by atoms with E-state index in [0.717, 1.165) is 60.5 Å². The molecule has 10 heteroatoms. The molecule has 39 heavy (non-hydrogen) atoms. The largest absolute Gasteiger partial charge is 0.497 e. The Morgan fingerprint density at radius 2 is 1.79 bits per heavy atom. The summed E-state index contributed by atoms with van der Waals surface area (Å²) in [7, 11) is 1.64. The third kappa shape index (κ3) is 5.10. The van der Waals surface area contributed by atoms with Crippen LogP contribution in [0.3, 0.4) is 0 Å². The van der Waals surface area contributed by atoms with E-state index in [0.29, 0.717) is 37.6 Å². The van der Waals surface area contributed by atoms with E-state index < -0.39 is 0 Å². The number of piperidine rings is 1. The van der Waals surface area contributed by atoms with Crippen LogP contribution in [0.25, 0.3) is 0 Å². The number of urea groups is 1. The number of carbonyl (C=O) groups is 2. The maximum absolute atomic E-state index is 13.7. The zero-order valence-corrected chi connectivity index (χ0v) is 21.9. The first kappa shape index (κ1) is 25.1. The molecule has 3 aliphatic rings. The molecule has 1 saturated heterocycles. The maximum Gasteiger partial charge on any atom is 0.322 e. The van der Waals surface area contributed by atoms with Crippen LogP contribution >= 0.6 is 0 Å². The molecule has 3 amide bonds. The molecular weight excluding hydrogens is 499 g/mol. The lowest BCUT2D eigenvalue weighted by Gasteiger charge is -2.38. The molecule has 0 radical (unpaired) electrons. The van der Waals surface area contributed by atoms with Gasteiger partial charge in [-0.05, 0) is 72.7 Å². The predicted molar refractivity (Wildman–Crippen MR) is 145 cm³/mol. The highest BCUT2D eigenvalue weighted by Crippen LogP contribution is 2.29. The zero-order chi connectivity index (χ0) is 26.9. The van der Waals surface area contributed by atoms with Crippen LogP contribution in [0.2, 0.25) is 0 Å². The zero-order valence-electron chi connectivity index (χ0n) is 21.9. The van der Waals surface area contributed by atoms with E-state index in [1.807, 2.05) is 23.1 Å². The lowest BCUT2D eigenvalue weighted by atomic mass is 9.99. The molecular formula is C29H31FN6O3. The molecule has 9 nitrogen and oxygen atoms in total. The Kier molecular flexibility index (Phi) is 6.76. The maximum atomic E-state index is 13.7. The van der Waals surface area contributed by atoms with Crippen LogP contribution < -0.4 is 15.0 Å². The first-order chi connectivity index (χ1) is 19.0. The van der Waals surface area contributed by atoms with Crippen LogP contribution in [0.4, 0.5) is 20.7 Å². The minimum atomic E-state index is -0.293. The molecule has 3 aromatic rings. The van der Waals surface area contributed by atoms with Gasteiger partial charge in [0.25, 0.3) is 5.91 Å². The summed E-state index contributed by atoms with van der Waals surface area (Å²) in [5.74, 6) is 1.01. The summed E-state index contributed by atoms with van der Waals surface area (Å²) >= 11 is 0. The van der Waals surface area contributed by atoms with E-state index in [1.54, 1.807) is 24.1 Å². The van der Waals surface area contributed by atoms with E-state index in [4.69, 9.17) is 4.74 Å². The van der Waals surface area contributed by atoms with Gasteiger partial charge in [-0.3, -0.25) is 4.79 Å². The normalized spacial score (nSPS) is 17.7. The third-order valence-electron chi connectivity index (χ3n) is 8.01. The number of fused-ring (bicyclic) bond motifs is 2. The molecule has 3 aliphatic heterocycles. The van der Waals surface area contributed by atoms with Gasteiger partial charge in [-0.15, -0.1) is 0 Å². The quantitative estimate of drug-likeness (QED) is 0.551. The molecule has 0 unspecified atom stereocenters. The first-order valence-electron chi connectivity index (χ1n) is 13.4. The lowest BCUT2D eigenvalue weighted by molar-refractivity contribution is 0.0728. The van der Waals surface area contributed by atoms with Crippen molar-refractivity contribution < 1.29 is 18.7 Å². The fourth-order valence-electron chi connectivity index (χ4n) is 5.81. The van der Waals surface area contributed by atoms with Gasteiger partial charge in [0, 0.05) is 50.5 Å². The highest BCUT2D eigenvalue weighted by molar-refractivity contribution is 5.93. The number of halogens is 1. The van der Waals surface area contributed by atoms with Crippen molar-refractivity contribution in [1.82, 2.24) is 19.8 Å². The highest BCUT2D eigenvalue weighted by atomic mass is 19.1. The molecule has 0 atom stereocenters. The van der Waals surface area contributed by atoms with Gasteiger partial charge in [-0.1, -0.05) is 6.07 Å². The lowest BCUT2D eigenvalue weighted by Crippen LogP contribution is -2.49. The molecule has 2 aromatic carbocycles. The Labute approximate surface area is 226 Å². The van der Waals surface area contributed by atoms with Gasteiger partial charge in [-0.2, -0.15) is 0 Å². The van der Waals surface area contributed by atoms with Crippen molar-refractivity contribution >= 4 is 23.4 Å². The molecule has 0 spiro atoms. The van der Waals surface area contributed by atoms with Gasteiger partial charge in [0.15, 0.2) is 0 Å². The summed E-state index contributed by atoms with van der Waals surface area (Å²) in [5, 5.41) is 3.06. The van der Waals surface area contributed by atoms with Crippen molar-refractivity contribution in [2.24, 2.45) is 0 Å². The number of aromatic nitrogens is 2. The molecule has 0 aliphatic carbocycles. The second kappa shape index (κ2) is 10.5. The van der Waals surface area contributed by atoms with Crippen LogP contribution in [-0.2, 0) is 19.4 Å². The summed E-state index contributed by atoms with van der Waals surface area (Å²) in [6.07, 6.45) is 4.48. The van der Waals surface area contributed by atoms with Crippen molar-refractivity contribution in [3.8, 4) is 5.75 Å². The molecule has 1 fully saturated rings. The smallest absolute Gasteiger partial charge is 0.322 e. The van der Waals surface area contributed by atoms with Crippen LogP contribution in [0.1, 0.15) is 40.0 Å². The second-order valence-corrected chi connectivity index (χ2v) is 10.3. The van der Waals surface area contributed by atoms with Gasteiger partial charge in [0.05, 0.1) is 7.11 Å². The minimum Gasteiger partial charge on any atom is -0.497 e. The summed E-state index contributed by atoms with van der Waals surface area (Å²) in [5.41, 5.74) is 4.16. The van der Waals surface area contributed by atoms with Crippen molar-refractivity contribution in [3.63, 3.8) is 0 Å². The number of hydrogen-bond donors (Lipinski definition) is 1. The molecule has 4 heterocycles. The van der Waals surface area contributed by atoms with E-state index in [-0.39, 0.29) is 23.8 Å². The van der Waals surface area contributed by atoms with Gasteiger partial charge in [0.1, 0.15) is 29.4 Å². The SMILES string of the molecule is COc1ccc2c(c1)CCN(C1CCN(c3cc(C(=O)N4CCc5ccc(F)cc5C4)ncn3)CC1)C(=O)N2. The van der Waals surface area contributed by atoms with Crippen LogP contribution in [0.5, 0.6) is 5.75 Å². The van der Waals surface area contributed by atoms with Crippen molar-refractivity contribution in [3.05, 3.63) is 77.0 Å². The summed E-state index contributed by atoms with van der Waals surface area (Å²) in [4.78, 5) is 40.8. The number of ether oxygens (including phenoxy) is 1. The number of amides is 3. The van der Waals surface area contributed by atoms with Gasteiger partial charge in [-0.25, -0.2) is 19.2 Å². The number of nitrogens with one attached hydrogen (secondary N) is 1. The molecule has 1 N–H and O–H groups in total. The Balaban J connectivity index is 1.09. The number of anilines is 2. The Hall–Kier alpha value is -4.21. The number of carbonyl (C=O) groups excluding carboxylic acids is 2. The van der Waals surface area contributed by atoms with E-state index in [9.17, 15) is 14.0 Å². The number of hydrogen-bond acceptors (Lipinski definition) is 6. The topological polar surface area (TPSA) is 90.9 Å². The number of nitrogens with zero attached hydrogens (tertiary/aromatic N) is 5. The Morgan fingerprint density at radius 3 is 2.62 bits per heavy atom. The van der Waals surface area contributed by atoms with E-state index in [1.165, 1.54) is 18.5 Å². The van der Waals surface area contributed by atoms with E-state index in [2.05, 4.69) is 20.2 Å². The van der Waals surface area contributed by atoms with Crippen molar-refractivity contribution in [2.45, 2.75) is 38.3 Å². The van der Waals surface area contributed by atoms with Crippen LogP contribution in [0.15, 0.2) is 48.8 Å². The number of rotatable bonds is 4. The Morgan fingerprint density at radius 1 is 0.974 bits per heavy atom. The fourth-order valence-corrected chi connectivity index (χ4v) is 5.81. The minimum absolute atomic E-state index is 0.0738. The Bertz CT molecular complexity index is 1410. The van der Waals surface area contributed by atoms with E-state index >= 15 is 0 Å². The summed E-state index contributed by atoms with van der Waals surface area (Å²) in [6.45, 7) is 3.01. The van der Waals surface area contributed by atoms with Crippen molar-refractivity contribution in [2.75, 3.05) is 43.5 Å². The number of benzene rings is 2. The monoisotopic (exact) mass is 530 g/mol. The fraction of sp³-hybridized carbons (Fsp3) is 0.379. The van der Waals surface area contributed by atoms with Crippen LogP contribution in [0, 0.1) is 5.82 Å². The van der Waals surface area contributed by atoms with Crippen molar-refractivity contribution in [1.29, 1.82) is 0 Å². The van der Waals surface area contributed by atoms with Gasteiger partial charge in [0.2, 0.25) is 0 Å². The first-order valence-corrected chi connectivity index (χ1v) is 13.4. The highest BCUT2D eigenvalue weighted by Gasteiger charge is 2.31. The molecule has 0 saturated carbocycles. The molecule has 1 aromatic heterocycles. The third-order valence-corrected chi connectivity index (χ3v) is 8.01. The van der Waals surface area contributed by atoms with Gasteiger partial charge < -0.3 is 24.8 Å². The summed E-state index contributed by atoms with van der Waals surface area (Å²) in [6, 6.07) is 12.3. The average molecular weight is 531 g/mol. The standard InChI is InChI=1S/C29H31FN6O3/c1-39-24-4-5-25-20(15-24)7-13-36(29(38)33-25)23-8-11-34(12-9-23)27-16-26(31-18-32-27)28(37)35-10-6-19-2-3-22(30)14-21(19)17-35/h2-5,14-16,18,23H,6-13,17H2,1H3,(H,33,38). The van der Waals surface area contributed by atoms with Crippen LogP contribution in [-0.4, -0.2) is 71.0 Å². The average Bonchev–Trinajstić information content (AvgIpc) is 3.14. The summed E-state index contributed by atoms with van der Waals surface area (Å²) < 4.78 is 19.1.